The zero-order valence-corrected chi connectivity index (χ0v) is 12.3. The molecule has 0 atom stereocenters. The normalized spacial score (nSPS) is 10.3. The fourth-order valence-electron chi connectivity index (χ4n) is 1.76. The minimum absolute atomic E-state index is 0.0826. The largest absolute Gasteiger partial charge is 0.480 e. The number of hydrogen-bond acceptors (Lipinski definition) is 5. The number of pyridine rings is 1. The van der Waals surface area contributed by atoms with Crippen molar-refractivity contribution >= 4 is 27.3 Å². The number of aryl methyl sites for hydroxylation is 1. The van der Waals surface area contributed by atoms with Gasteiger partial charge in [-0.05, 0) is 30.7 Å². The number of anilines is 1. The van der Waals surface area contributed by atoms with Crippen LogP contribution in [0.3, 0.4) is 0 Å². The molecule has 1 aromatic heterocycles. The van der Waals surface area contributed by atoms with Crippen molar-refractivity contribution in [3.63, 3.8) is 0 Å². The van der Waals surface area contributed by atoms with Crippen molar-refractivity contribution in [3.05, 3.63) is 56.3 Å². The van der Waals surface area contributed by atoms with Gasteiger partial charge in [-0.3, -0.25) is 15.1 Å². The topological polar surface area (TPSA) is 91.3 Å². The second kappa shape index (κ2) is 5.87. The third-order valence-corrected chi connectivity index (χ3v) is 3.08. The van der Waals surface area contributed by atoms with E-state index in [1.165, 1.54) is 6.07 Å². The molecule has 0 saturated heterocycles. The first kappa shape index (κ1) is 14.3. The average Bonchev–Trinajstić information content (AvgIpc) is 2.36. The van der Waals surface area contributed by atoms with E-state index in [4.69, 9.17) is 10.5 Å². The van der Waals surface area contributed by atoms with Crippen molar-refractivity contribution in [2.45, 2.75) is 13.5 Å². The minimum atomic E-state index is -0.472. The molecule has 104 valence electrons. The van der Waals surface area contributed by atoms with Gasteiger partial charge in [-0.2, -0.15) is 0 Å². The Morgan fingerprint density at radius 2 is 2.20 bits per heavy atom. The zero-order valence-electron chi connectivity index (χ0n) is 10.7. The lowest BCUT2D eigenvalue weighted by molar-refractivity contribution is -0.386. The molecule has 20 heavy (non-hydrogen) atoms. The van der Waals surface area contributed by atoms with E-state index in [2.05, 4.69) is 20.9 Å². The molecule has 0 bridgehead atoms. The first-order valence-corrected chi connectivity index (χ1v) is 6.54. The Morgan fingerprint density at radius 3 is 2.85 bits per heavy atom. The van der Waals surface area contributed by atoms with Crippen molar-refractivity contribution in [2.24, 2.45) is 0 Å². The van der Waals surface area contributed by atoms with E-state index in [0.717, 1.165) is 0 Å². The Hall–Kier alpha value is -2.15. The molecule has 0 unspecified atom stereocenters. The highest BCUT2D eigenvalue weighted by molar-refractivity contribution is 9.10. The van der Waals surface area contributed by atoms with Gasteiger partial charge in [0.15, 0.2) is 0 Å². The molecular formula is C13H12BrN3O3. The molecule has 2 aromatic rings. The van der Waals surface area contributed by atoms with Crippen LogP contribution >= 0.6 is 15.9 Å². The van der Waals surface area contributed by atoms with E-state index in [1.807, 2.05) is 0 Å². The quantitative estimate of drug-likeness (QED) is 0.683. The van der Waals surface area contributed by atoms with Crippen LogP contribution in [-0.4, -0.2) is 9.91 Å². The summed E-state index contributed by atoms with van der Waals surface area (Å²) in [6.07, 6.45) is 1.57. The number of nitrogen functional groups attached to an aromatic ring is 1. The number of halogens is 1. The molecule has 0 amide bonds. The summed E-state index contributed by atoms with van der Waals surface area (Å²) in [6.45, 7) is 1.87. The minimum Gasteiger partial charge on any atom is -0.480 e. The Balaban J connectivity index is 2.27. The lowest BCUT2D eigenvalue weighted by Crippen LogP contribution is -2.03. The van der Waals surface area contributed by atoms with Crippen molar-refractivity contribution in [1.29, 1.82) is 0 Å². The van der Waals surface area contributed by atoms with Crippen molar-refractivity contribution in [3.8, 4) is 5.75 Å². The highest BCUT2D eigenvalue weighted by atomic mass is 79.9. The summed E-state index contributed by atoms with van der Waals surface area (Å²) in [6, 6.07) is 6.50. The summed E-state index contributed by atoms with van der Waals surface area (Å²) in [4.78, 5) is 14.7. The molecule has 0 aliphatic carbocycles. The first-order chi connectivity index (χ1) is 9.47. The number of benzene rings is 1. The molecule has 0 spiro atoms. The van der Waals surface area contributed by atoms with E-state index in [9.17, 15) is 10.1 Å². The third-order valence-electron chi connectivity index (χ3n) is 2.62. The summed E-state index contributed by atoms with van der Waals surface area (Å²) in [5, 5.41) is 11.1. The molecule has 2 rings (SSSR count). The predicted molar refractivity (Wildman–Crippen MR) is 78.5 cm³/mol. The van der Waals surface area contributed by atoms with Gasteiger partial charge in [-0.1, -0.05) is 15.9 Å². The standard InChI is InChI=1S/C13H12BrN3O3/c1-8-4-9(14)5-12(17(18)19)13(8)20-7-11-6-10(15)2-3-16-11/h2-6H,7H2,1H3,(H2,15,16). The number of nitrogens with two attached hydrogens (primary N) is 1. The predicted octanol–water partition coefficient (Wildman–Crippen LogP) is 3.22. The molecule has 6 nitrogen and oxygen atoms in total. The van der Waals surface area contributed by atoms with Crippen LogP contribution in [0.25, 0.3) is 0 Å². The Kier molecular flexibility index (Phi) is 4.19. The van der Waals surface area contributed by atoms with Gasteiger partial charge >= 0.3 is 5.69 Å². The van der Waals surface area contributed by atoms with Crippen LogP contribution in [0.4, 0.5) is 11.4 Å². The Bertz CT molecular complexity index is 661. The smallest absolute Gasteiger partial charge is 0.312 e. The van der Waals surface area contributed by atoms with Crippen LogP contribution in [0.1, 0.15) is 11.3 Å². The number of nitro benzene ring substituents is 1. The highest BCUT2D eigenvalue weighted by Gasteiger charge is 2.19. The van der Waals surface area contributed by atoms with Gasteiger partial charge < -0.3 is 10.5 Å². The van der Waals surface area contributed by atoms with Crippen LogP contribution in [0.2, 0.25) is 0 Å². The second-order valence-electron chi connectivity index (χ2n) is 4.20. The summed E-state index contributed by atoms with van der Waals surface area (Å²) < 4.78 is 6.18. The molecule has 1 heterocycles. The van der Waals surface area contributed by atoms with Crippen LogP contribution in [0.15, 0.2) is 34.9 Å². The number of ether oxygens (including phenoxy) is 1. The van der Waals surface area contributed by atoms with Gasteiger partial charge in [0.2, 0.25) is 5.75 Å². The summed E-state index contributed by atoms with van der Waals surface area (Å²) in [5.41, 5.74) is 7.42. The van der Waals surface area contributed by atoms with Gasteiger partial charge in [0.05, 0.1) is 10.6 Å². The van der Waals surface area contributed by atoms with Crippen LogP contribution < -0.4 is 10.5 Å². The second-order valence-corrected chi connectivity index (χ2v) is 5.11. The maximum atomic E-state index is 11.1. The molecule has 1 aromatic carbocycles. The Morgan fingerprint density at radius 1 is 1.45 bits per heavy atom. The van der Waals surface area contributed by atoms with Gasteiger partial charge in [0, 0.05) is 22.4 Å². The van der Waals surface area contributed by atoms with E-state index in [-0.39, 0.29) is 18.0 Å². The van der Waals surface area contributed by atoms with Crippen LogP contribution in [0.5, 0.6) is 5.75 Å². The third kappa shape index (κ3) is 3.24. The number of nitrogens with zero attached hydrogens (tertiary/aromatic N) is 2. The van der Waals surface area contributed by atoms with Crippen LogP contribution in [-0.2, 0) is 6.61 Å². The lowest BCUT2D eigenvalue weighted by atomic mass is 10.2. The molecule has 0 radical (unpaired) electrons. The fourth-order valence-corrected chi connectivity index (χ4v) is 2.32. The number of rotatable bonds is 4. The van der Waals surface area contributed by atoms with Gasteiger partial charge in [-0.15, -0.1) is 0 Å². The Labute approximate surface area is 123 Å². The summed E-state index contributed by atoms with van der Waals surface area (Å²) in [5.74, 6) is 0.238. The highest BCUT2D eigenvalue weighted by Crippen LogP contribution is 2.34. The molecular weight excluding hydrogens is 326 g/mol. The molecule has 0 saturated carbocycles. The first-order valence-electron chi connectivity index (χ1n) is 5.75. The average molecular weight is 338 g/mol. The monoisotopic (exact) mass is 337 g/mol. The maximum Gasteiger partial charge on any atom is 0.312 e. The number of nitro groups is 1. The molecule has 7 heteroatoms. The van der Waals surface area contributed by atoms with E-state index in [0.29, 0.717) is 21.4 Å². The summed E-state index contributed by atoms with van der Waals surface area (Å²) in [7, 11) is 0. The van der Waals surface area contributed by atoms with Gasteiger partial charge in [0.25, 0.3) is 0 Å². The fraction of sp³-hybridized carbons (Fsp3) is 0.154. The van der Waals surface area contributed by atoms with Crippen molar-refractivity contribution in [1.82, 2.24) is 4.98 Å². The maximum absolute atomic E-state index is 11.1. The van der Waals surface area contributed by atoms with E-state index in [1.54, 1.807) is 31.3 Å². The molecule has 0 aliphatic rings. The zero-order chi connectivity index (χ0) is 14.7. The molecule has 0 fully saturated rings. The van der Waals surface area contributed by atoms with E-state index >= 15 is 0 Å². The number of hydrogen-bond donors (Lipinski definition) is 1. The van der Waals surface area contributed by atoms with E-state index < -0.39 is 4.92 Å². The van der Waals surface area contributed by atoms with Crippen molar-refractivity contribution in [2.75, 3.05) is 5.73 Å². The SMILES string of the molecule is Cc1cc(Br)cc([N+](=O)[O-])c1OCc1cc(N)ccn1. The molecule has 0 aliphatic heterocycles. The lowest BCUT2D eigenvalue weighted by Gasteiger charge is -2.10. The number of aromatic nitrogens is 1. The van der Waals surface area contributed by atoms with Gasteiger partial charge in [-0.25, -0.2) is 0 Å². The van der Waals surface area contributed by atoms with Crippen LogP contribution in [0, 0.1) is 17.0 Å². The summed E-state index contributed by atoms with van der Waals surface area (Å²) >= 11 is 3.23. The van der Waals surface area contributed by atoms with Gasteiger partial charge in [0.1, 0.15) is 6.61 Å². The molecule has 2 N–H and O–H groups in total. The van der Waals surface area contributed by atoms with Crippen molar-refractivity contribution < 1.29 is 9.66 Å².